The summed E-state index contributed by atoms with van der Waals surface area (Å²) in [6, 6.07) is 0. The Morgan fingerprint density at radius 1 is 1.25 bits per heavy atom. The molecule has 0 aromatic rings. The zero-order valence-electron chi connectivity index (χ0n) is 9.65. The van der Waals surface area contributed by atoms with Gasteiger partial charge in [-0.05, 0) is 6.92 Å². The molecule has 0 heterocycles. The predicted molar refractivity (Wildman–Crippen MR) is 57.8 cm³/mol. The first-order valence-electron chi connectivity index (χ1n) is 5.27. The van der Waals surface area contributed by atoms with Gasteiger partial charge in [0.15, 0.2) is 0 Å². The molecule has 0 aromatic heterocycles. The third-order valence-electron chi connectivity index (χ3n) is 2.09. The number of nitrogens with zero attached hydrogens (tertiary/aromatic N) is 1. The average molecular weight is 230 g/mol. The van der Waals surface area contributed by atoms with Crippen LogP contribution in [0.15, 0.2) is 0 Å². The van der Waals surface area contributed by atoms with Crippen LogP contribution in [0, 0.1) is 0 Å². The molecular weight excluding hydrogens is 212 g/mol. The van der Waals surface area contributed by atoms with Gasteiger partial charge in [0.05, 0.1) is 13.0 Å². The lowest BCUT2D eigenvalue weighted by molar-refractivity contribution is -0.138. The molecule has 0 aliphatic heterocycles. The summed E-state index contributed by atoms with van der Waals surface area (Å²) < 4.78 is 0. The SMILES string of the molecule is CCC(=O)NCC(=O)N(CC)CCC(=O)O. The number of aliphatic carboxylic acids is 1. The second-order valence-corrected chi connectivity index (χ2v) is 3.25. The number of hydrogen-bond acceptors (Lipinski definition) is 3. The molecule has 16 heavy (non-hydrogen) atoms. The van der Waals surface area contributed by atoms with Gasteiger partial charge in [0.2, 0.25) is 11.8 Å². The summed E-state index contributed by atoms with van der Waals surface area (Å²) in [5.41, 5.74) is 0. The summed E-state index contributed by atoms with van der Waals surface area (Å²) in [6.45, 7) is 4.00. The van der Waals surface area contributed by atoms with Crippen molar-refractivity contribution in [3.8, 4) is 0 Å². The van der Waals surface area contributed by atoms with Crippen molar-refractivity contribution < 1.29 is 19.5 Å². The molecule has 92 valence electrons. The normalized spacial score (nSPS) is 9.62. The predicted octanol–water partition coefficient (Wildman–Crippen LogP) is -0.164. The van der Waals surface area contributed by atoms with Gasteiger partial charge in [-0.15, -0.1) is 0 Å². The van der Waals surface area contributed by atoms with Gasteiger partial charge in [-0.25, -0.2) is 0 Å². The first-order chi connectivity index (χ1) is 7.51. The molecule has 2 N–H and O–H groups in total. The Morgan fingerprint density at radius 2 is 1.88 bits per heavy atom. The maximum atomic E-state index is 11.5. The maximum absolute atomic E-state index is 11.5. The molecule has 0 aromatic carbocycles. The van der Waals surface area contributed by atoms with Gasteiger partial charge in [0, 0.05) is 19.5 Å². The van der Waals surface area contributed by atoms with Crippen molar-refractivity contribution in [3.63, 3.8) is 0 Å². The Balaban J connectivity index is 4.00. The number of likely N-dealkylation sites (N-methyl/N-ethyl adjacent to an activating group) is 1. The van der Waals surface area contributed by atoms with E-state index in [-0.39, 0.29) is 31.3 Å². The second-order valence-electron chi connectivity index (χ2n) is 3.25. The zero-order valence-corrected chi connectivity index (χ0v) is 9.65. The fraction of sp³-hybridized carbons (Fsp3) is 0.700. The Morgan fingerprint density at radius 3 is 2.31 bits per heavy atom. The smallest absolute Gasteiger partial charge is 0.305 e. The minimum atomic E-state index is -0.941. The number of carbonyl (C=O) groups excluding carboxylic acids is 2. The molecule has 0 radical (unpaired) electrons. The van der Waals surface area contributed by atoms with Gasteiger partial charge in [-0.2, -0.15) is 0 Å². The molecule has 0 aliphatic carbocycles. The largest absolute Gasteiger partial charge is 0.481 e. The fourth-order valence-corrected chi connectivity index (χ4v) is 1.10. The lowest BCUT2D eigenvalue weighted by atomic mass is 10.3. The first-order valence-corrected chi connectivity index (χ1v) is 5.27. The topological polar surface area (TPSA) is 86.7 Å². The van der Waals surface area contributed by atoms with Gasteiger partial charge in [-0.1, -0.05) is 6.92 Å². The van der Waals surface area contributed by atoms with Crippen molar-refractivity contribution in [2.45, 2.75) is 26.7 Å². The summed E-state index contributed by atoms with van der Waals surface area (Å²) in [5, 5.41) is 10.9. The summed E-state index contributed by atoms with van der Waals surface area (Å²) in [6.07, 6.45) is 0.246. The van der Waals surface area contributed by atoms with Crippen molar-refractivity contribution in [2.24, 2.45) is 0 Å². The summed E-state index contributed by atoms with van der Waals surface area (Å²) in [7, 11) is 0. The molecule has 0 spiro atoms. The van der Waals surface area contributed by atoms with E-state index in [9.17, 15) is 14.4 Å². The van der Waals surface area contributed by atoms with Gasteiger partial charge in [-0.3, -0.25) is 14.4 Å². The van der Waals surface area contributed by atoms with Crippen LogP contribution in [0.4, 0.5) is 0 Å². The zero-order chi connectivity index (χ0) is 12.6. The maximum Gasteiger partial charge on any atom is 0.305 e. The van der Waals surface area contributed by atoms with Crippen LogP contribution in [0.25, 0.3) is 0 Å². The molecule has 0 bridgehead atoms. The second kappa shape index (κ2) is 7.67. The number of carboxylic acids is 1. The lowest BCUT2D eigenvalue weighted by Gasteiger charge is -2.19. The molecule has 0 saturated heterocycles. The molecular formula is C10H18N2O4. The van der Waals surface area contributed by atoms with E-state index < -0.39 is 5.97 Å². The van der Waals surface area contributed by atoms with E-state index in [1.54, 1.807) is 13.8 Å². The minimum absolute atomic E-state index is 0.0693. The van der Waals surface area contributed by atoms with Crippen LogP contribution in [0.3, 0.4) is 0 Å². The van der Waals surface area contributed by atoms with Crippen molar-refractivity contribution in [1.82, 2.24) is 10.2 Å². The number of rotatable bonds is 7. The number of carbonyl (C=O) groups is 3. The highest BCUT2D eigenvalue weighted by molar-refractivity contribution is 5.84. The van der Waals surface area contributed by atoms with Gasteiger partial charge in [0.1, 0.15) is 0 Å². The third-order valence-corrected chi connectivity index (χ3v) is 2.09. The minimum Gasteiger partial charge on any atom is -0.481 e. The number of amides is 2. The monoisotopic (exact) mass is 230 g/mol. The molecule has 0 atom stereocenters. The van der Waals surface area contributed by atoms with Crippen LogP contribution in [0.1, 0.15) is 26.7 Å². The van der Waals surface area contributed by atoms with Crippen LogP contribution in [0.5, 0.6) is 0 Å². The van der Waals surface area contributed by atoms with Gasteiger partial charge >= 0.3 is 5.97 Å². The van der Waals surface area contributed by atoms with E-state index in [2.05, 4.69) is 5.32 Å². The van der Waals surface area contributed by atoms with Gasteiger partial charge in [0.25, 0.3) is 0 Å². The molecule has 0 unspecified atom stereocenters. The summed E-state index contributed by atoms with van der Waals surface area (Å²) >= 11 is 0. The lowest BCUT2D eigenvalue weighted by Crippen LogP contribution is -2.40. The van der Waals surface area contributed by atoms with E-state index in [1.807, 2.05) is 0 Å². The highest BCUT2D eigenvalue weighted by Crippen LogP contribution is 1.92. The van der Waals surface area contributed by atoms with Crippen molar-refractivity contribution in [2.75, 3.05) is 19.6 Å². The average Bonchev–Trinajstić information content (AvgIpc) is 2.26. The Labute approximate surface area is 94.6 Å². The molecule has 0 fully saturated rings. The molecule has 6 nitrogen and oxygen atoms in total. The van der Waals surface area contributed by atoms with E-state index in [1.165, 1.54) is 4.90 Å². The molecule has 0 saturated carbocycles. The number of nitrogens with one attached hydrogen (secondary N) is 1. The van der Waals surface area contributed by atoms with Crippen molar-refractivity contribution >= 4 is 17.8 Å². The standard InChI is InChI=1S/C10H18N2O4/c1-3-8(13)11-7-9(14)12(4-2)6-5-10(15)16/h3-7H2,1-2H3,(H,11,13)(H,15,16). The highest BCUT2D eigenvalue weighted by atomic mass is 16.4. The Hall–Kier alpha value is -1.59. The quantitative estimate of drug-likeness (QED) is 0.636. The molecule has 0 aliphatic rings. The van der Waals surface area contributed by atoms with Crippen LogP contribution >= 0.6 is 0 Å². The Bertz CT molecular complexity index is 266. The Kier molecular flexibility index (Phi) is 6.91. The van der Waals surface area contributed by atoms with E-state index in [0.717, 1.165) is 0 Å². The third kappa shape index (κ3) is 6.00. The van der Waals surface area contributed by atoms with Crippen LogP contribution in [-0.4, -0.2) is 47.4 Å². The van der Waals surface area contributed by atoms with E-state index in [4.69, 9.17) is 5.11 Å². The molecule has 2 amide bonds. The van der Waals surface area contributed by atoms with Crippen molar-refractivity contribution in [3.05, 3.63) is 0 Å². The van der Waals surface area contributed by atoms with Crippen molar-refractivity contribution in [1.29, 1.82) is 0 Å². The number of hydrogen-bond donors (Lipinski definition) is 2. The summed E-state index contributed by atoms with van der Waals surface area (Å²) in [4.78, 5) is 34.2. The number of carboxylic acid groups (broad SMARTS) is 1. The van der Waals surface area contributed by atoms with Crippen LogP contribution < -0.4 is 5.32 Å². The first kappa shape index (κ1) is 14.4. The van der Waals surface area contributed by atoms with E-state index in [0.29, 0.717) is 13.0 Å². The fourth-order valence-electron chi connectivity index (χ4n) is 1.10. The van der Waals surface area contributed by atoms with Gasteiger partial charge < -0.3 is 15.3 Å². The van der Waals surface area contributed by atoms with Crippen LogP contribution in [-0.2, 0) is 14.4 Å². The van der Waals surface area contributed by atoms with Crippen LogP contribution in [0.2, 0.25) is 0 Å². The molecule has 0 rings (SSSR count). The highest BCUT2D eigenvalue weighted by Gasteiger charge is 2.13. The summed E-state index contributed by atoms with van der Waals surface area (Å²) in [5.74, 6) is -1.39. The van der Waals surface area contributed by atoms with E-state index >= 15 is 0 Å². The molecule has 6 heteroatoms.